The molecule has 0 radical (unpaired) electrons. The Bertz CT molecular complexity index is 971. The standard InChI is InChI=1S/C23H22ClN3O/c24-20-12-9-18(10-13-20)23-19(11-14-22(28)26-15-5-2-6-16-26)17-27(25-23)21-7-3-1-4-8-21/h1,3-4,7-14,17H,2,5-6,15-16H2/b14-11+. The molecular formula is C23H22ClN3O. The highest BCUT2D eigenvalue weighted by Gasteiger charge is 2.15. The normalized spacial score (nSPS) is 14.5. The van der Waals surface area contributed by atoms with Crippen molar-refractivity contribution in [2.45, 2.75) is 19.3 Å². The summed E-state index contributed by atoms with van der Waals surface area (Å²) >= 11 is 6.04. The molecule has 1 fully saturated rings. The summed E-state index contributed by atoms with van der Waals surface area (Å²) in [6.45, 7) is 1.69. The molecule has 1 aliphatic rings. The van der Waals surface area contributed by atoms with Crippen molar-refractivity contribution in [3.63, 3.8) is 0 Å². The van der Waals surface area contributed by atoms with E-state index in [9.17, 15) is 4.79 Å². The van der Waals surface area contributed by atoms with E-state index < -0.39 is 0 Å². The lowest BCUT2D eigenvalue weighted by atomic mass is 10.1. The monoisotopic (exact) mass is 391 g/mol. The molecule has 3 aromatic rings. The van der Waals surface area contributed by atoms with E-state index in [1.54, 1.807) is 6.08 Å². The van der Waals surface area contributed by atoms with Crippen LogP contribution in [0.5, 0.6) is 0 Å². The molecule has 28 heavy (non-hydrogen) atoms. The largest absolute Gasteiger partial charge is 0.339 e. The minimum atomic E-state index is 0.0641. The Morgan fingerprint density at radius 3 is 2.39 bits per heavy atom. The Labute approximate surface area is 170 Å². The van der Waals surface area contributed by atoms with Gasteiger partial charge in [-0.25, -0.2) is 4.68 Å². The molecule has 142 valence electrons. The molecule has 4 rings (SSSR count). The predicted molar refractivity (Wildman–Crippen MR) is 113 cm³/mol. The molecule has 0 saturated carbocycles. The quantitative estimate of drug-likeness (QED) is 0.572. The number of hydrogen-bond acceptors (Lipinski definition) is 2. The second-order valence-corrected chi connectivity index (χ2v) is 7.38. The molecule has 2 heterocycles. The number of halogens is 1. The Hall–Kier alpha value is -2.85. The lowest BCUT2D eigenvalue weighted by molar-refractivity contribution is -0.126. The van der Waals surface area contributed by atoms with E-state index in [0.29, 0.717) is 5.02 Å². The highest BCUT2D eigenvalue weighted by atomic mass is 35.5. The molecule has 0 atom stereocenters. The van der Waals surface area contributed by atoms with Gasteiger partial charge in [0, 0.05) is 41.5 Å². The zero-order valence-corrected chi connectivity index (χ0v) is 16.3. The smallest absolute Gasteiger partial charge is 0.246 e. The van der Waals surface area contributed by atoms with Gasteiger partial charge in [-0.2, -0.15) is 5.10 Å². The number of para-hydroxylation sites is 1. The van der Waals surface area contributed by atoms with E-state index >= 15 is 0 Å². The number of carbonyl (C=O) groups is 1. The minimum absolute atomic E-state index is 0.0641. The topological polar surface area (TPSA) is 38.1 Å². The molecule has 0 bridgehead atoms. The van der Waals surface area contributed by atoms with Gasteiger partial charge < -0.3 is 4.90 Å². The third-order valence-corrected chi connectivity index (χ3v) is 5.21. The number of carbonyl (C=O) groups excluding carboxylic acids is 1. The van der Waals surface area contributed by atoms with Gasteiger partial charge >= 0.3 is 0 Å². The van der Waals surface area contributed by atoms with Crippen LogP contribution >= 0.6 is 11.6 Å². The first-order valence-electron chi connectivity index (χ1n) is 9.59. The van der Waals surface area contributed by atoms with E-state index in [0.717, 1.165) is 48.4 Å². The lowest BCUT2D eigenvalue weighted by Gasteiger charge is -2.25. The molecule has 0 aliphatic carbocycles. The Morgan fingerprint density at radius 1 is 0.964 bits per heavy atom. The van der Waals surface area contributed by atoms with Gasteiger partial charge in [0.25, 0.3) is 0 Å². The lowest BCUT2D eigenvalue weighted by Crippen LogP contribution is -2.34. The van der Waals surface area contributed by atoms with Crippen molar-refractivity contribution < 1.29 is 4.79 Å². The molecule has 1 saturated heterocycles. The number of hydrogen-bond donors (Lipinski definition) is 0. The van der Waals surface area contributed by atoms with Crippen LogP contribution < -0.4 is 0 Å². The third kappa shape index (κ3) is 4.18. The fourth-order valence-electron chi connectivity index (χ4n) is 3.44. The summed E-state index contributed by atoms with van der Waals surface area (Å²) in [5, 5.41) is 5.45. The van der Waals surface area contributed by atoms with Crippen LogP contribution in [0.2, 0.25) is 5.02 Å². The van der Waals surface area contributed by atoms with Crippen LogP contribution in [-0.2, 0) is 4.79 Å². The van der Waals surface area contributed by atoms with Crippen molar-refractivity contribution in [2.75, 3.05) is 13.1 Å². The number of amides is 1. The van der Waals surface area contributed by atoms with Gasteiger partial charge in [0.05, 0.1) is 11.4 Å². The SMILES string of the molecule is O=C(/C=C/c1cn(-c2ccccc2)nc1-c1ccc(Cl)cc1)N1CCCCC1. The second-order valence-electron chi connectivity index (χ2n) is 6.94. The van der Waals surface area contributed by atoms with Gasteiger partial charge in [0.2, 0.25) is 5.91 Å². The van der Waals surface area contributed by atoms with Crippen molar-refractivity contribution in [2.24, 2.45) is 0 Å². The van der Waals surface area contributed by atoms with Crippen molar-refractivity contribution in [1.29, 1.82) is 0 Å². The number of nitrogens with zero attached hydrogens (tertiary/aromatic N) is 3. The Morgan fingerprint density at radius 2 is 1.68 bits per heavy atom. The van der Waals surface area contributed by atoms with Gasteiger partial charge in [0.15, 0.2) is 0 Å². The Balaban J connectivity index is 1.67. The molecule has 1 aliphatic heterocycles. The van der Waals surface area contributed by atoms with Crippen LogP contribution in [0.1, 0.15) is 24.8 Å². The fraction of sp³-hybridized carbons (Fsp3) is 0.217. The van der Waals surface area contributed by atoms with Gasteiger partial charge in [-0.3, -0.25) is 4.79 Å². The zero-order chi connectivity index (χ0) is 19.3. The molecule has 1 aromatic heterocycles. The first-order valence-corrected chi connectivity index (χ1v) is 9.96. The summed E-state index contributed by atoms with van der Waals surface area (Å²) in [5.74, 6) is 0.0641. The minimum Gasteiger partial charge on any atom is -0.339 e. The van der Waals surface area contributed by atoms with Crippen molar-refractivity contribution in [1.82, 2.24) is 14.7 Å². The molecule has 5 heteroatoms. The number of rotatable bonds is 4. The highest BCUT2D eigenvalue weighted by Crippen LogP contribution is 2.26. The van der Waals surface area contributed by atoms with Crippen molar-refractivity contribution in [3.8, 4) is 16.9 Å². The van der Waals surface area contributed by atoms with Crippen LogP contribution in [0.25, 0.3) is 23.0 Å². The van der Waals surface area contributed by atoms with Gasteiger partial charge in [-0.1, -0.05) is 41.9 Å². The van der Waals surface area contributed by atoms with E-state index in [4.69, 9.17) is 16.7 Å². The van der Waals surface area contributed by atoms with Crippen LogP contribution in [0.15, 0.2) is 66.9 Å². The Kier molecular flexibility index (Phi) is 5.58. The van der Waals surface area contributed by atoms with Crippen LogP contribution in [0.3, 0.4) is 0 Å². The predicted octanol–water partition coefficient (Wildman–Crippen LogP) is 5.22. The van der Waals surface area contributed by atoms with Gasteiger partial charge in [-0.15, -0.1) is 0 Å². The average molecular weight is 392 g/mol. The van der Waals surface area contributed by atoms with E-state index in [1.165, 1.54) is 6.42 Å². The summed E-state index contributed by atoms with van der Waals surface area (Å²) in [6.07, 6.45) is 8.87. The molecule has 0 N–H and O–H groups in total. The maximum absolute atomic E-state index is 12.5. The second kappa shape index (κ2) is 8.44. The van der Waals surface area contributed by atoms with Gasteiger partial charge in [-0.05, 0) is 49.6 Å². The maximum atomic E-state index is 12.5. The molecule has 1 amide bonds. The third-order valence-electron chi connectivity index (χ3n) is 4.95. The molecule has 0 spiro atoms. The first kappa shape index (κ1) is 18.5. The molecule has 2 aromatic carbocycles. The van der Waals surface area contributed by atoms with Crippen LogP contribution in [-0.4, -0.2) is 33.7 Å². The summed E-state index contributed by atoms with van der Waals surface area (Å²) in [4.78, 5) is 14.5. The number of likely N-dealkylation sites (tertiary alicyclic amines) is 1. The van der Waals surface area contributed by atoms with E-state index in [2.05, 4.69) is 0 Å². The van der Waals surface area contributed by atoms with Crippen LogP contribution in [0.4, 0.5) is 0 Å². The van der Waals surface area contributed by atoms with Crippen LogP contribution in [0, 0.1) is 0 Å². The summed E-state index contributed by atoms with van der Waals surface area (Å²) in [7, 11) is 0. The molecule has 0 unspecified atom stereocenters. The summed E-state index contributed by atoms with van der Waals surface area (Å²) in [5.41, 5.74) is 3.66. The number of aromatic nitrogens is 2. The van der Waals surface area contributed by atoms with Crippen molar-refractivity contribution in [3.05, 3.63) is 77.5 Å². The molecular weight excluding hydrogens is 370 g/mol. The summed E-state index contributed by atoms with van der Waals surface area (Å²) < 4.78 is 1.84. The number of piperidine rings is 1. The summed E-state index contributed by atoms with van der Waals surface area (Å²) in [6, 6.07) is 17.5. The maximum Gasteiger partial charge on any atom is 0.246 e. The van der Waals surface area contributed by atoms with E-state index in [1.807, 2.05) is 76.5 Å². The van der Waals surface area contributed by atoms with Crippen molar-refractivity contribution >= 4 is 23.6 Å². The highest BCUT2D eigenvalue weighted by molar-refractivity contribution is 6.30. The van der Waals surface area contributed by atoms with E-state index in [-0.39, 0.29) is 5.91 Å². The number of benzene rings is 2. The fourth-order valence-corrected chi connectivity index (χ4v) is 3.56. The molecule has 4 nitrogen and oxygen atoms in total. The van der Waals surface area contributed by atoms with Gasteiger partial charge in [0.1, 0.15) is 0 Å². The average Bonchev–Trinajstić information content (AvgIpc) is 3.18. The zero-order valence-electron chi connectivity index (χ0n) is 15.6. The first-order chi connectivity index (χ1) is 13.7.